The molecule has 18 heavy (non-hydrogen) atoms. The molecule has 98 valence electrons. The van der Waals surface area contributed by atoms with Crippen LogP contribution in [0, 0.1) is 0 Å². The van der Waals surface area contributed by atoms with Crippen molar-refractivity contribution in [1.82, 2.24) is 10.6 Å². The maximum atomic E-state index is 12.0. The van der Waals surface area contributed by atoms with Gasteiger partial charge in [0.2, 0.25) is 0 Å². The quantitative estimate of drug-likeness (QED) is 0.897. The predicted molar refractivity (Wildman–Crippen MR) is 74.4 cm³/mol. The van der Waals surface area contributed by atoms with Crippen molar-refractivity contribution in [1.29, 1.82) is 0 Å². The number of hydrogen-bond donors (Lipinski definition) is 2. The van der Waals surface area contributed by atoms with Crippen LogP contribution in [0.5, 0.6) is 0 Å². The lowest BCUT2D eigenvalue weighted by atomic mass is 10.1. The Morgan fingerprint density at radius 1 is 1.39 bits per heavy atom. The first-order valence-electron chi connectivity index (χ1n) is 6.14. The molecule has 1 atom stereocenters. The topological polar surface area (TPSA) is 41.1 Å². The summed E-state index contributed by atoms with van der Waals surface area (Å²) in [5.41, 5.74) is 0.431. The van der Waals surface area contributed by atoms with Gasteiger partial charge in [0.15, 0.2) is 0 Å². The van der Waals surface area contributed by atoms with Gasteiger partial charge in [-0.1, -0.05) is 35.7 Å². The minimum absolute atomic E-state index is 0.171. The summed E-state index contributed by atoms with van der Waals surface area (Å²) in [6.45, 7) is 1.65. The smallest absolute Gasteiger partial charge is 0.252 e. The Morgan fingerprint density at radius 2 is 2.22 bits per heavy atom. The Bertz CT molecular complexity index is 431. The molecule has 0 saturated carbocycles. The summed E-state index contributed by atoms with van der Waals surface area (Å²) in [6.07, 6.45) is 3.53. The number of carbonyl (C=O) groups excluding carboxylic acids is 1. The molecule has 0 radical (unpaired) electrons. The first-order valence-corrected chi connectivity index (χ1v) is 6.89. The normalized spacial score (nSPS) is 19.6. The van der Waals surface area contributed by atoms with Crippen molar-refractivity contribution < 1.29 is 4.79 Å². The summed E-state index contributed by atoms with van der Waals surface area (Å²) in [5, 5.41) is 6.99. The second-order valence-electron chi connectivity index (χ2n) is 4.46. The van der Waals surface area contributed by atoms with Gasteiger partial charge in [0, 0.05) is 12.6 Å². The van der Waals surface area contributed by atoms with Crippen molar-refractivity contribution in [2.24, 2.45) is 0 Å². The molecular formula is C13H16Cl2N2O. The van der Waals surface area contributed by atoms with Crippen LogP contribution in [0.2, 0.25) is 10.0 Å². The third kappa shape index (κ3) is 3.37. The minimum atomic E-state index is -0.171. The van der Waals surface area contributed by atoms with Crippen molar-refractivity contribution >= 4 is 29.1 Å². The fraction of sp³-hybridized carbons (Fsp3) is 0.462. The standard InChI is InChI=1S/C13H16Cl2N2O/c14-11-6-3-5-10(12(11)15)13(18)17-8-9-4-1-2-7-16-9/h3,5-6,9,16H,1-2,4,7-8H2,(H,17,18). The molecule has 1 saturated heterocycles. The average Bonchev–Trinajstić information content (AvgIpc) is 2.40. The Hall–Kier alpha value is -0.770. The lowest BCUT2D eigenvalue weighted by Crippen LogP contribution is -2.43. The molecule has 3 nitrogen and oxygen atoms in total. The van der Waals surface area contributed by atoms with Gasteiger partial charge in [-0.2, -0.15) is 0 Å². The number of carbonyl (C=O) groups is 1. The van der Waals surface area contributed by atoms with Crippen molar-refractivity contribution in [3.63, 3.8) is 0 Å². The van der Waals surface area contributed by atoms with Crippen molar-refractivity contribution in [2.45, 2.75) is 25.3 Å². The molecule has 5 heteroatoms. The third-order valence-electron chi connectivity index (χ3n) is 3.12. The zero-order valence-corrected chi connectivity index (χ0v) is 11.5. The molecule has 1 aliphatic heterocycles. The first kappa shape index (κ1) is 13.7. The first-order chi connectivity index (χ1) is 8.68. The Morgan fingerprint density at radius 3 is 2.94 bits per heavy atom. The van der Waals surface area contributed by atoms with Gasteiger partial charge in [0.25, 0.3) is 5.91 Å². The highest BCUT2D eigenvalue weighted by Gasteiger charge is 2.16. The lowest BCUT2D eigenvalue weighted by Gasteiger charge is -2.23. The molecule has 1 heterocycles. The van der Waals surface area contributed by atoms with Crippen LogP contribution < -0.4 is 10.6 Å². The maximum Gasteiger partial charge on any atom is 0.252 e. The van der Waals surface area contributed by atoms with Gasteiger partial charge >= 0.3 is 0 Å². The van der Waals surface area contributed by atoms with E-state index in [9.17, 15) is 4.79 Å². The number of halogens is 2. The fourth-order valence-corrected chi connectivity index (χ4v) is 2.47. The lowest BCUT2D eigenvalue weighted by molar-refractivity contribution is 0.0948. The van der Waals surface area contributed by atoms with Crippen molar-refractivity contribution in [2.75, 3.05) is 13.1 Å². The zero-order valence-electron chi connectivity index (χ0n) is 10.0. The van der Waals surface area contributed by atoms with E-state index in [1.807, 2.05) is 0 Å². The van der Waals surface area contributed by atoms with E-state index in [2.05, 4.69) is 10.6 Å². The minimum Gasteiger partial charge on any atom is -0.350 e. The number of amides is 1. The molecule has 1 amide bonds. The largest absolute Gasteiger partial charge is 0.350 e. The Balaban J connectivity index is 1.93. The van der Waals surface area contributed by atoms with Crippen LogP contribution in [0.3, 0.4) is 0 Å². The summed E-state index contributed by atoms with van der Waals surface area (Å²) >= 11 is 11.9. The number of benzene rings is 1. The highest BCUT2D eigenvalue weighted by atomic mass is 35.5. The molecule has 1 aromatic carbocycles. The Kier molecular flexibility index (Phi) is 4.87. The van der Waals surface area contributed by atoms with Gasteiger partial charge in [-0.25, -0.2) is 0 Å². The van der Waals surface area contributed by atoms with Crippen LogP contribution >= 0.6 is 23.2 Å². The molecule has 0 spiro atoms. The summed E-state index contributed by atoms with van der Waals surface area (Å²) in [6, 6.07) is 5.43. The number of hydrogen-bond acceptors (Lipinski definition) is 2. The molecule has 1 unspecified atom stereocenters. The molecule has 1 aliphatic rings. The predicted octanol–water partition coefficient (Wildman–Crippen LogP) is 2.87. The summed E-state index contributed by atoms with van der Waals surface area (Å²) < 4.78 is 0. The number of piperidine rings is 1. The van der Waals surface area contributed by atoms with Crippen LogP contribution in [0.25, 0.3) is 0 Å². The van der Waals surface area contributed by atoms with Crippen LogP contribution in [0.1, 0.15) is 29.6 Å². The zero-order chi connectivity index (χ0) is 13.0. The molecule has 0 aromatic heterocycles. The highest BCUT2D eigenvalue weighted by molar-refractivity contribution is 6.43. The Labute approximate surface area is 117 Å². The van der Waals surface area contributed by atoms with Crippen LogP contribution in [0.15, 0.2) is 18.2 Å². The summed E-state index contributed by atoms with van der Waals surface area (Å²) in [4.78, 5) is 12.0. The average molecular weight is 287 g/mol. The molecule has 2 N–H and O–H groups in total. The second-order valence-corrected chi connectivity index (χ2v) is 5.24. The SMILES string of the molecule is O=C(NCC1CCCCN1)c1cccc(Cl)c1Cl. The van der Waals surface area contributed by atoms with E-state index in [4.69, 9.17) is 23.2 Å². The summed E-state index contributed by atoms with van der Waals surface area (Å²) in [5.74, 6) is -0.171. The molecule has 1 fully saturated rings. The highest BCUT2D eigenvalue weighted by Crippen LogP contribution is 2.25. The molecule has 2 rings (SSSR count). The fourth-order valence-electron chi connectivity index (χ4n) is 2.09. The van der Waals surface area contributed by atoms with Gasteiger partial charge in [0.1, 0.15) is 0 Å². The maximum absolute atomic E-state index is 12.0. The van der Waals surface area contributed by atoms with E-state index in [1.54, 1.807) is 18.2 Å². The van der Waals surface area contributed by atoms with Crippen LogP contribution in [-0.2, 0) is 0 Å². The molecule has 0 aliphatic carbocycles. The van der Waals surface area contributed by atoms with E-state index in [0.29, 0.717) is 28.2 Å². The van der Waals surface area contributed by atoms with Gasteiger partial charge < -0.3 is 10.6 Å². The number of nitrogens with one attached hydrogen (secondary N) is 2. The molecular weight excluding hydrogens is 271 g/mol. The second kappa shape index (κ2) is 6.41. The van der Waals surface area contributed by atoms with E-state index in [-0.39, 0.29) is 5.91 Å². The monoisotopic (exact) mass is 286 g/mol. The van der Waals surface area contributed by atoms with Crippen molar-refractivity contribution in [3.05, 3.63) is 33.8 Å². The summed E-state index contributed by atoms with van der Waals surface area (Å²) in [7, 11) is 0. The molecule has 1 aromatic rings. The van der Waals surface area contributed by atoms with E-state index in [0.717, 1.165) is 13.0 Å². The number of rotatable bonds is 3. The third-order valence-corrected chi connectivity index (χ3v) is 3.94. The van der Waals surface area contributed by atoms with Crippen LogP contribution in [-0.4, -0.2) is 25.0 Å². The van der Waals surface area contributed by atoms with E-state index >= 15 is 0 Å². The van der Waals surface area contributed by atoms with Gasteiger partial charge in [-0.3, -0.25) is 4.79 Å². The van der Waals surface area contributed by atoms with E-state index < -0.39 is 0 Å². The van der Waals surface area contributed by atoms with Gasteiger partial charge in [-0.05, 0) is 31.5 Å². The van der Waals surface area contributed by atoms with Gasteiger partial charge in [-0.15, -0.1) is 0 Å². The van der Waals surface area contributed by atoms with Crippen molar-refractivity contribution in [3.8, 4) is 0 Å². The van der Waals surface area contributed by atoms with Gasteiger partial charge in [0.05, 0.1) is 15.6 Å². The van der Waals surface area contributed by atoms with Crippen LogP contribution in [0.4, 0.5) is 0 Å². The van der Waals surface area contributed by atoms with E-state index in [1.165, 1.54) is 12.8 Å². The molecule has 0 bridgehead atoms.